The van der Waals surface area contributed by atoms with E-state index in [1.807, 2.05) is 0 Å². The monoisotopic (exact) mass is 221 g/mol. The van der Waals surface area contributed by atoms with Gasteiger partial charge in [-0.3, -0.25) is 0 Å². The van der Waals surface area contributed by atoms with Crippen molar-refractivity contribution >= 4 is 24.8 Å². The van der Waals surface area contributed by atoms with Crippen LogP contribution in [-0.2, 0) is 14.3 Å². The number of ether oxygens (including phenoxy) is 2. The van der Waals surface area contributed by atoms with E-state index in [1.165, 1.54) is 0 Å². The van der Waals surface area contributed by atoms with Crippen molar-refractivity contribution < 1.29 is 19.1 Å². The van der Waals surface area contributed by atoms with E-state index in [0.29, 0.717) is 0 Å². The molecule has 0 aliphatic carbocycles. The van der Waals surface area contributed by atoms with Gasteiger partial charge in [-0.2, -0.15) is 12.6 Å². The summed E-state index contributed by atoms with van der Waals surface area (Å²) in [4.78, 5) is 21.9. The third kappa shape index (κ3) is 5.82. The molecule has 0 unspecified atom stereocenters. The predicted octanol–water partition coefficient (Wildman–Crippen LogP) is 0.722. The van der Waals surface area contributed by atoms with Gasteiger partial charge in [0.2, 0.25) is 0 Å². The maximum Gasteiger partial charge on any atom is 0.516 e. The Labute approximate surface area is 88.3 Å². The van der Waals surface area contributed by atoms with Gasteiger partial charge >= 0.3 is 12.1 Å². The quantitative estimate of drug-likeness (QED) is 0.408. The molecule has 0 radical (unpaired) electrons. The first-order valence-electron chi connectivity index (χ1n) is 4.07. The third-order valence-electron chi connectivity index (χ3n) is 1.07. The van der Waals surface area contributed by atoms with Gasteiger partial charge in [0.05, 0.1) is 0 Å². The number of carbonyl (C=O) groups is 2. The Morgan fingerprint density at radius 3 is 2.29 bits per heavy atom. The second-order valence-corrected chi connectivity index (χ2v) is 4.04. The van der Waals surface area contributed by atoms with E-state index in [1.54, 1.807) is 20.8 Å². The topological polar surface area (TPSA) is 78.6 Å². The number of hydrogen-bond donors (Lipinski definition) is 2. The Hall–Kier alpha value is -0.750. The van der Waals surface area contributed by atoms with Gasteiger partial charge in [-0.05, 0) is 20.8 Å². The highest BCUT2D eigenvalue weighted by Gasteiger charge is 2.22. The second-order valence-electron chi connectivity index (χ2n) is 3.67. The Morgan fingerprint density at radius 1 is 1.43 bits per heavy atom. The largest absolute Gasteiger partial charge is 0.516 e. The standard InChI is InChI=1S/C8H15NO4S/c1-8(2,3)13-7(11)12-6(10)5(9)4-14/h5,14H,4,9H2,1-3H3/t5-/m0/s1. The minimum atomic E-state index is -1.04. The molecule has 0 saturated carbocycles. The van der Waals surface area contributed by atoms with Crippen LogP contribution >= 0.6 is 12.6 Å². The first-order valence-corrected chi connectivity index (χ1v) is 4.70. The van der Waals surface area contributed by atoms with Crippen molar-refractivity contribution in [1.29, 1.82) is 0 Å². The molecule has 14 heavy (non-hydrogen) atoms. The summed E-state index contributed by atoms with van der Waals surface area (Å²) in [6, 6.07) is -0.911. The van der Waals surface area contributed by atoms with Gasteiger partial charge in [0.25, 0.3) is 0 Å². The molecule has 0 aliphatic heterocycles. The van der Waals surface area contributed by atoms with Crippen molar-refractivity contribution in [1.82, 2.24) is 0 Å². The van der Waals surface area contributed by atoms with Crippen LogP contribution in [0.5, 0.6) is 0 Å². The average Bonchev–Trinajstić information content (AvgIpc) is 1.99. The van der Waals surface area contributed by atoms with E-state index in [4.69, 9.17) is 10.5 Å². The summed E-state index contributed by atoms with van der Waals surface area (Å²) in [6.07, 6.45) is -1.04. The molecular weight excluding hydrogens is 206 g/mol. The number of nitrogens with two attached hydrogens (primary N) is 1. The summed E-state index contributed by atoms with van der Waals surface area (Å²) in [5.41, 5.74) is 4.58. The zero-order valence-electron chi connectivity index (χ0n) is 8.44. The van der Waals surface area contributed by atoms with E-state index in [-0.39, 0.29) is 5.75 Å². The van der Waals surface area contributed by atoms with E-state index in [2.05, 4.69) is 17.4 Å². The molecule has 2 N–H and O–H groups in total. The molecule has 0 fully saturated rings. The highest BCUT2D eigenvalue weighted by atomic mass is 32.1. The van der Waals surface area contributed by atoms with Crippen molar-refractivity contribution in [3.63, 3.8) is 0 Å². The summed E-state index contributed by atoms with van der Waals surface area (Å²) >= 11 is 3.79. The van der Waals surface area contributed by atoms with Crippen LogP contribution in [0.4, 0.5) is 4.79 Å². The summed E-state index contributed by atoms with van der Waals surface area (Å²) in [5.74, 6) is -0.726. The molecule has 0 amide bonds. The maximum atomic E-state index is 11.0. The number of carbonyl (C=O) groups excluding carboxylic acids is 2. The lowest BCUT2D eigenvalue weighted by molar-refractivity contribution is -0.142. The molecule has 6 heteroatoms. The summed E-state index contributed by atoms with van der Waals surface area (Å²) in [6.45, 7) is 4.99. The smallest absolute Gasteiger partial charge is 0.428 e. The van der Waals surface area contributed by atoms with Crippen molar-refractivity contribution in [2.24, 2.45) is 5.73 Å². The molecule has 0 aromatic carbocycles. The molecule has 0 bridgehead atoms. The summed E-state index contributed by atoms with van der Waals surface area (Å²) < 4.78 is 9.05. The number of esters is 1. The predicted molar refractivity (Wildman–Crippen MR) is 54.2 cm³/mol. The molecule has 0 heterocycles. The lowest BCUT2D eigenvalue weighted by Crippen LogP contribution is -2.36. The molecule has 0 aliphatic rings. The van der Waals surface area contributed by atoms with Crippen molar-refractivity contribution in [3.05, 3.63) is 0 Å². The maximum absolute atomic E-state index is 11.0. The molecule has 82 valence electrons. The fraction of sp³-hybridized carbons (Fsp3) is 0.750. The summed E-state index contributed by atoms with van der Waals surface area (Å²) in [5, 5.41) is 0. The average molecular weight is 221 g/mol. The minimum absolute atomic E-state index is 0.113. The number of hydrogen-bond acceptors (Lipinski definition) is 6. The highest BCUT2D eigenvalue weighted by Crippen LogP contribution is 2.08. The van der Waals surface area contributed by atoms with Crippen LogP contribution in [0, 0.1) is 0 Å². The van der Waals surface area contributed by atoms with Crippen LogP contribution in [0.25, 0.3) is 0 Å². The Balaban J connectivity index is 4.02. The third-order valence-corrected chi connectivity index (χ3v) is 1.47. The van der Waals surface area contributed by atoms with Crippen LogP contribution in [-0.4, -0.2) is 29.5 Å². The SMILES string of the molecule is CC(C)(C)OC(=O)OC(=O)[C@@H](N)CS. The zero-order chi connectivity index (χ0) is 11.4. The minimum Gasteiger partial charge on any atom is -0.428 e. The Bertz CT molecular complexity index is 224. The lowest BCUT2D eigenvalue weighted by atomic mass is 10.2. The van der Waals surface area contributed by atoms with Gasteiger partial charge in [0.1, 0.15) is 11.6 Å². The van der Waals surface area contributed by atoms with Crippen LogP contribution in [0.2, 0.25) is 0 Å². The van der Waals surface area contributed by atoms with E-state index in [0.717, 1.165) is 0 Å². The highest BCUT2D eigenvalue weighted by molar-refractivity contribution is 7.80. The van der Waals surface area contributed by atoms with Crippen molar-refractivity contribution in [3.8, 4) is 0 Å². The molecule has 1 atom stereocenters. The molecule has 5 nitrogen and oxygen atoms in total. The second kappa shape index (κ2) is 5.21. The van der Waals surface area contributed by atoms with Gasteiger partial charge in [-0.1, -0.05) is 0 Å². The van der Waals surface area contributed by atoms with E-state index >= 15 is 0 Å². The van der Waals surface area contributed by atoms with Gasteiger partial charge in [0, 0.05) is 5.75 Å². The summed E-state index contributed by atoms with van der Waals surface area (Å²) in [7, 11) is 0. The molecule has 0 aromatic heterocycles. The fourth-order valence-corrected chi connectivity index (χ4v) is 0.652. The zero-order valence-corrected chi connectivity index (χ0v) is 9.34. The van der Waals surface area contributed by atoms with Gasteiger partial charge in [0.15, 0.2) is 0 Å². The first-order chi connectivity index (χ1) is 6.26. The van der Waals surface area contributed by atoms with Crippen molar-refractivity contribution in [2.45, 2.75) is 32.4 Å². The Kier molecular flexibility index (Phi) is 4.93. The van der Waals surface area contributed by atoms with Crippen LogP contribution in [0.1, 0.15) is 20.8 Å². The molecule has 0 rings (SSSR count). The van der Waals surface area contributed by atoms with E-state index < -0.39 is 23.8 Å². The normalized spacial score (nSPS) is 13.2. The molecule has 0 saturated heterocycles. The lowest BCUT2D eigenvalue weighted by Gasteiger charge is -2.18. The molecule has 0 aromatic rings. The van der Waals surface area contributed by atoms with Crippen LogP contribution in [0.3, 0.4) is 0 Å². The number of rotatable bonds is 2. The molecular formula is C8H15NO4S. The van der Waals surface area contributed by atoms with Gasteiger partial charge in [-0.15, -0.1) is 0 Å². The van der Waals surface area contributed by atoms with Crippen LogP contribution in [0.15, 0.2) is 0 Å². The van der Waals surface area contributed by atoms with Crippen LogP contribution < -0.4 is 5.73 Å². The van der Waals surface area contributed by atoms with Crippen molar-refractivity contribution in [2.75, 3.05) is 5.75 Å². The Morgan fingerprint density at radius 2 is 1.93 bits per heavy atom. The molecule has 0 spiro atoms. The first kappa shape index (κ1) is 13.2. The van der Waals surface area contributed by atoms with Gasteiger partial charge < -0.3 is 15.2 Å². The fourth-order valence-electron chi connectivity index (χ4n) is 0.503. The number of thiol groups is 1. The van der Waals surface area contributed by atoms with E-state index in [9.17, 15) is 9.59 Å². The van der Waals surface area contributed by atoms with Gasteiger partial charge in [-0.25, -0.2) is 9.59 Å².